The lowest BCUT2D eigenvalue weighted by atomic mass is 9.89. The smallest absolute Gasteiger partial charge is 0.277 e. The van der Waals surface area contributed by atoms with Crippen molar-refractivity contribution in [1.29, 1.82) is 5.41 Å². The van der Waals surface area contributed by atoms with E-state index in [2.05, 4.69) is 9.44 Å². The number of nitrogens with zero attached hydrogens (tertiary/aromatic N) is 2. The van der Waals surface area contributed by atoms with Crippen molar-refractivity contribution in [2.24, 2.45) is 5.73 Å². The van der Waals surface area contributed by atoms with Crippen LogP contribution >= 0.6 is 0 Å². The van der Waals surface area contributed by atoms with Crippen molar-refractivity contribution in [2.75, 3.05) is 32.7 Å². The monoisotopic (exact) mass is 590 g/mol. The van der Waals surface area contributed by atoms with E-state index in [9.17, 15) is 18.0 Å². The van der Waals surface area contributed by atoms with Gasteiger partial charge in [-0.05, 0) is 35.6 Å². The molecule has 4 rings (SSSR count). The van der Waals surface area contributed by atoms with E-state index in [-0.39, 0.29) is 36.5 Å². The minimum absolute atomic E-state index is 0.0144. The summed E-state index contributed by atoms with van der Waals surface area (Å²) < 4.78 is 31.8. The van der Waals surface area contributed by atoms with Gasteiger partial charge in [-0.25, -0.2) is 4.72 Å². The van der Waals surface area contributed by atoms with Crippen LogP contribution in [0.2, 0.25) is 0 Å². The lowest BCUT2D eigenvalue weighted by Gasteiger charge is -2.36. The second-order valence-electron chi connectivity index (χ2n) is 10.4. The van der Waals surface area contributed by atoms with Gasteiger partial charge in [0.1, 0.15) is 11.9 Å². The van der Waals surface area contributed by atoms with E-state index in [1.807, 2.05) is 60.7 Å². The number of piperazine rings is 1. The number of hydrogen-bond donors (Lipinski definition) is 4. The predicted octanol–water partition coefficient (Wildman–Crippen LogP) is 2.22. The van der Waals surface area contributed by atoms with Gasteiger partial charge < -0.3 is 15.5 Å². The SMILES string of the molecule is CC(=O)N1CCN(C(=O)C(Cc2cccc(C(=N)N)c2)NS(=O)(=O)NCCC(c2ccccc2)c2ccccc2)CC1. The molecular formula is C31H38N6O4S. The Kier molecular flexibility index (Phi) is 10.5. The van der Waals surface area contributed by atoms with Crippen LogP contribution in [0.1, 0.15) is 41.5 Å². The third kappa shape index (κ3) is 8.48. The maximum absolute atomic E-state index is 13.6. The average Bonchev–Trinajstić information content (AvgIpc) is 2.99. The van der Waals surface area contributed by atoms with Crippen LogP contribution in [0.15, 0.2) is 84.9 Å². The lowest BCUT2D eigenvalue weighted by Crippen LogP contribution is -2.57. The van der Waals surface area contributed by atoms with Gasteiger partial charge in [-0.3, -0.25) is 15.0 Å². The first-order valence-corrected chi connectivity index (χ1v) is 15.5. The molecular weight excluding hydrogens is 552 g/mol. The predicted molar refractivity (Wildman–Crippen MR) is 163 cm³/mol. The Morgan fingerprint density at radius 1 is 0.881 bits per heavy atom. The molecule has 1 aliphatic rings. The van der Waals surface area contributed by atoms with Crippen molar-refractivity contribution in [1.82, 2.24) is 19.2 Å². The zero-order valence-electron chi connectivity index (χ0n) is 23.7. The zero-order chi connectivity index (χ0) is 30.1. The molecule has 42 heavy (non-hydrogen) atoms. The molecule has 0 saturated carbocycles. The summed E-state index contributed by atoms with van der Waals surface area (Å²) in [4.78, 5) is 28.6. The Morgan fingerprint density at radius 3 is 2.00 bits per heavy atom. The highest BCUT2D eigenvalue weighted by Crippen LogP contribution is 2.27. The molecule has 1 atom stereocenters. The number of benzene rings is 3. The van der Waals surface area contributed by atoms with Crippen LogP contribution in [0, 0.1) is 5.41 Å². The van der Waals surface area contributed by atoms with E-state index in [1.54, 1.807) is 34.1 Å². The molecule has 3 aromatic carbocycles. The molecule has 2 amide bonds. The fourth-order valence-corrected chi connectivity index (χ4v) is 6.23. The largest absolute Gasteiger partial charge is 0.384 e. The van der Waals surface area contributed by atoms with Crippen LogP contribution in [-0.2, 0) is 26.2 Å². The Hall–Kier alpha value is -4.06. The average molecular weight is 591 g/mol. The summed E-state index contributed by atoms with van der Waals surface area (Å²) >= 11 is 0. The van der Waals surface area contributed by atoms with Gasteiger partial charge in [-0.1, -0.05) is 78.9 Å². The summed E-state index contributed by atoms with van der Waals surface area (Å²) in [7, 11) is -4.07. The zero-order valence-corrected chi connectivity index (χ0v) is 24.5. The molecule has 3 aromatic rings. The van der Waals surface area contributed by atoms with Crippen LogP contribution in [0.4, 0.5) is 0 Å². The van der Waals surface area contributed by atoms with E-state index in [0.717, 1.165) is 11.1 Å². The van der Waals surface area contributed by atoms with Crippen LogP contribution < -0.4 is 15.2 Å². The van der Waals surface area contributed by atoms with Gasteiger partial charge in [0.25, 0.3) is 10.2 Å². The third-order valence-electron chi connectivity index (χ3n) is 7.44. The van der Waals surface area contributed by atoms with Crippen LogP contribution in [0.3, 0.4) is 0 Å². The second kappa shape index (κ2) is 14.2. The van der Waals surface area contributed by atoms with Crippen molar-refractivity contribution >= 4 is 27.9 Å². The van der Waals surface area contributed by atoms with E-state index in [1.165, 1.54) is 6.92 Å². The number of carbonyl (C=O) groups is 2. The molecule has 0 spiro atoms. The number of rotatable bonds is 12. The van der Waals surface area contributed by atoms with E-state index < -0.39 is 16.3 Å². The van der Waals surface area contributed by atoms with Gasteiger partial charge in [-0.2, -0.15) is 13.1 Å². The fraction of sp³-hybridized carbons (Fsp3) is 0.323. The molecule has 1 heterocycles. The van der Waals surface area contributed by atoms with E-state index in [0.29, 0.717) is 43.7 Å². The van der Waals surface area contributed by atoms with Gasteiger partial charge in [0.15, 0.2) is 0 Å². The summed E-state index contributed by atoms with van der Waals surface area (Å²) in [5.74, 6) is -0.565. The van der Waals surface area contributed by atoms with E-state index in [4.69, 9.17) is 11.1 Å². The molecule has 1 saturated heterocycles. The first kappa shape index (κ1) is 30.9. The minimum Gasteiger partial charge on any atom is -0.384 e. The summed E-state index contributed by atoms with van der Waals surface area (Å²) in [6.07, 6.45) is 0.589. The highest BCUT2D eigenvalue weighted by atomic mass is 32.2. The standard InChI is InChI=1S/C31H38N6O4S/c1-23(38)36-17-19-37(20-18-36)31(39)29(22-24-9-8-14-27(21-24)30(32)33)35-42(40,41)34-16-15-28(25-10-4-2-5-11-25)26-12-6-3-7-13-26/h2-14,21,28-29,34-35H,15-20,22H2,1H3,(H3,32,33). The van der Waals surface area contributed by atoms with Crippen molar-refractivity contribution in [2.45, 2.75) is 31.7 Å². The molecule has 5 N–H and O–H groups in total. The molecule has 0 aliphatic carbocycles. The quantitative estimate of drug-likeness (QED) is 0.189. The number of nitrogen functional groups attached to an aromatic ring is 1. The topological polar surface area (TPSA) is 149 Å². The molecule has 1 unspecified atom stereocenters. The van der Waals surface area contributed by atoms with Crippen molar-refractivity contribution in [3.05, 3.63) is 107 Å². The third-order valence-corrected chi connectivity index (χ3v) is 8.62. The maximum atomic E-state index is 13.6. The van der Waals surface area contributed by atoms with Crippen molar-refractivity contribution in [3.63, 3.8) is 0 Å². The van der Waals surface area contributed by atoms with Gasteiger partial charge in [0.2, 0.25) is 11.8 Å². The van der Waals surface area contributed by atoms with Gasteiger partial charge >= 0.3 is 0 Å². The molecule has 0 radical (unpaired) electrons. The fourth-order valence-electron chi connectivity index (χ4n) is 5.21. The second-order valence-corrected chi connectivity index (χ2v) is 11.9. The summed E-state index contributed by atoms with van der Waals surface area (Å²) in [5.41, 5.74) is 8.97. The van der Waals surface area contributed by atoms with Gasteiger partial charge in [0, 0.05) is 51.1 Å². The number of amidine groups is 1. The number of hydrogen-bond acceptors (Lipinski definition) is 5. The molecule has 1 aliphatic heterocycles. The van der Waals surface area contributed by atoms with Gasteiger partial charge in [0.05, 0.1) is 0 Å². The molecule has 0 aromatic heterocycles. The molecule has 0 bridgehead atoms. The number of nitrogens with two attached hydrogens (primary N) is 1. The Labute approximate surface area is 247 Å². The number of nitrogens with one attached hydrogen (secondary N) is 3. The minimum atomic E-state index is -4.07. The van der Waals surface area contributed by atoms with Crippen LogP contribution in [0.5, 0.6) is 0 Å². The van der Waals surface area contributed by atoms with Crippen molar-refractivity contribution in [3.8, 4) is 0 Å². The number of amides is 2. The van der Waals surface area contributed by atoms with Crippen LogP contribution in [-0.4, -0.2) is 74.6 Å². The molecule has 10 nitrogen and oxygen atoms in total. The number of carbonyl (C=O) groups excluding carboxylic acids is 2. The normalized spacial score (nSPS) is 14.5. The van der Waals surface area contributed by atoms with E-state index >= 15 is 0 Å². The van der Waals surface area contributed by atoms with Crippen molar-refractivity contribution < 1.29 is 18.0 Å². The first-order valence-electron chi connectivity index (χ1n) is 14.0. The molecule has 1 fully saturated rings. The summed E-state index contributed by atoms with van der Waals surface area (Å²) in [6, 6.07) is 25.6. The molecule has 222 valence electrons. The Balaban J connectivity index is 1.48. The lowest BCUT2D eigenvalue weighted by molar-refractivity contribution is -0.139. The Bertz CT molecular complexity index is 1440. The van der Waals surface area contributed by atoms with Crippen LogP contribution in [0.25, 0.3) is 0 Å². The Morgan fingerprint density at radius 2 is 1.45 bits per heavy atom. The maximum Gasteiger partial charge on any atom is 0.277 e. The highest BCUT2D eigenvalue weighted by Gasteiger charge is 2.31. The molecule has 11 heteroatoms. The first-order chi connectivity index (χ1) is 20.1. The summed E-state index contributed by atoms with van der Waals surface area (Å²) in [5, 5.41) is 7.74. The van der Waals surface area contributed by atoms with Gasteiger partial charge in [-0.15, -0.1) is 0 Å². The highest BCUT2D eigenvalue weighted by molar-refractivity contribution is 7.87. The summed E-state index contributed by atoms with van der Waals surface area (Å²) in [6.45, 7) is 3.04.